The maximum absolute atomic E-state index is 12.6. The number of hydrogen-bond acceptors (Lipinski definition) is 7. The van der Waals surface area contributed by atoms with Crippen LogP contribution in [0.3, 0.4) is 0 Å². The van der Waals surface area contributed by atoms with E-state index >= 15 is 0 Å². The zero-order valence-electron chi connectivity index (χ0n) is 15.5. The minimum atomic E-state index is -1.13. The summed E-state index contributed by atoms with van der Waals surface area (Å²) in [6.45, 7) is 0.119. The number of para-hydroxylation sites is 1. The summed E-state index contributed by atoms with van der Waals surface area (Å²) in [4.78, 5) is 48.6. The fraction of sp³-hybridized carbons (Fsp3) is 0.368. The number of thioether (sulfide) groups is 1. The number of carboxylic acid groups (broad SMARTS) is 1. The van der Waals surface area contributed by atoms with Crippen LogP contribution in [0.5, 0.6) is 5.75 Å². The fourth-order valence-electron chi connectivity index (χ4n) is 2.88. The Kier molecular flexibility index (Phi) is 6.89. The highest BCUT2D eigenvalue weighted by Crippen LogP contribution is 2.33. The maximum Gasteiger partial charge on any atom is 0.341 e. The van der Waals surface area contributed by atoms with Gasteiger partial charge in [-0.2, -0.15) is 0 Å². The molecule has 3 amide bonds. The van der Waals surface area contributed by atoms with Gasteiger partial charge in [-0.25, -0.2) is 4.79 Å². The maximum atomic E-state index is 12.6. The minimum absolute atomic E-state index is 0.0314. The lowest BCUT2D eigenvalue weighted by Gasteiger charge is -2.14. The van der Waals surface area contributed by atoms with E-state index < -0.39 is 29.6 Å². The number of carboxylic acids is 1. The van der Waals surface area contributed by atoms with Crippen LogP contribution in [-0.2, 0) is 19.1 Å². The molecule has 154 valence electrons. The number of amides is 3. The number of nitrogens with zero attached hydrogens (tertiary/aromatic N) is 1. The van der Waals surface area contributed by atoms with Crippen molar-refractivity contribution in [1.82, 2.24) is 10.2 Å². The van der Waals surface area contributed by atoms with Crippen molar-refractivity contribution in [3.63, 3.8) is 0 Å². The Morgan fingerprint density at radius 2 is 2.14 bits per heavy atom. The molecule has 2 heterocycles. The summed E-state index contributed by atoms with van der Waals surface area (Å²) in [7, 11) is 0. The molecule has 1 aromatic rings. The average molecular weight is 420 g/mol. The van der Waals surface area contributed by atoms with Crippen molar-refractivity contribution in [2.75, 3.05) is 26.3 Å². The van der Waals surface area contributed by atoms with Gasteiger partial charge in [0.2, 0.25) is 5.91 Å². The second-order valence-corrected chi connectivity index (χ2v) is 7.42. The Labute approximate surface area is 171 Å². The van der Waals surface area contributed by atoms with Crippen LogP contribution in [0, 0.1) is 0 Å². The Balaban J connectivity index is 1.64. The van der Waals surface area contributed by atoms with Crippen molar-refractivity contribution in [2.45, 2.75) is 18.9 Å². The van der Waals surface area contributed by atoms with Crippen LogP contribution in [0.1, 0.15) is 18.4 Å². The molecule has 2 N–H and O–H groups in total. The highest BCUT2D eigenvalue weighted by atomic mass is 32.2. The largest absolute Gasteiger partial charge is 0.481 e. The lowest BCUT2D eigenvalue weighted by Crippen LogP contribution is -2.41. The van der Waals surface area contributed by atoms with Gasteiger partial charge in [0.05, 0.1) is 11.0 Å². The second kappa shape index (κ2) is 9.57. The third-order valence-corrected chi connectivity index (χ3v) is 5.19. The summed E-state index contributed by atoms with van der Waals surface area (Å²) in [5, 5.41) is 10.9. The van der Waals surface area contributed by atoms with Gasteiger partial charge in [-0.15, -0.1) is 0 Å². The lowest BCUT2D eigenvalue weighted by molar-refractivity contribution is -0.139. The Bertz CT molecular complexity index is 849. The van der Waals surface area contributed by atoms with Crippen LogP contribution >= 0.6 is 11.8 Å². The van der Waals surface area contributed by atoms with Gasteiger partial charge in [-0.05, 0) is 36.7 Å². The van der Waals surface area contributed by atoms with Crippen LogP contribution in [0.15, 0.2) is 29.2 Å². The number of benzene rings is 1. The van der Waals surface area contributed by atoms with Crippen molar-refractivity contribution < 1.29 is 33.8 Å². The summed E-state index contributed by atoms with van der Waals surface area (Å²) in [5.41, 5.74) is 0.460. The number of aliphatic carboxylic acids is 1. The van der Waals surface area contributed by atoms with E-state index in [1.807, 2.05) is 0 Å². The Morgan fingerprint density at radius 3 is 2.86 bits per heavy atom. The first kappa shape index (κ1) is 20.9. The second-order valence-electron chi connectivity index (χ2n) is 6.43. The molecule has 9 nitrogen and oxygen atoms in total. The zero-order valence-corrected chi connectivity index (χ0v) is 16.3. The molecule has 0 aromatic heterocycles. The van der Waals surface area contributed by atoms with Crippen molar-refractivity contribution in [3.05, 3.63) is 34.7 Å². The van der Waals surface area contributed by atoms with E-state index in [2.05, 4.69) is 5.32 Å². The van der Waals surface area contributed by atoms with Gasteiger partial charge in [0, 0.05) is 18.7 Å². The summed E-state index contributed by atoms with van der Waals surface area (Å²) >= 11 is 0.717. The molecule has 2 aliphatic rings. The molecule has 2 aliphatic heterocycles. The highest BCUT2D eigenvalue weighted by Gasteiger charge is 2.36. The van der Waals surface area contributed by atoms with Gasteiger partial charge in [-0.3, -0.25) is 19.3 Å². The van der Waals surface area contributed by atoms with E-state index in [0.717, 1.165) is 29.5 Å². The van der Waals surface area contributed by atoms with Gasteiger partial charge in [-0.1, -0.05) is 18.2 Å². The van der Waals surface area contributed by atoms with Crippen molar-refractivity contribution in [2.24, 2.45) is 0 Å². The predicted molar refractivity (Wildman–Crippen MR) is 104 cm³/mol. The third-order valence-electron chi connectivity index (χ3n) is 4.28. The molecule has 10 heteroatoms. The van der Waals surface area contributed by atoms with Gasteiger partial charge in [0.15, 0.2) is 6.61 Å². The first-order valence-corrected chi connectivity index (χ1v) is 9.83. The number of nitrogens with one attached hydrogen (secondary N) is 1. The van der Waals surface area contributed by atoms with Crippen LogP contribution in [0.2, 0.25) is 0 Å². The number of carbonyl (C=O) groups is 4. The molecule has 0 aliphatic carbocycles. The topological polar surface area (TPSA) is 122 Å². The lowest BCUT2D eigenvalue weighted by atomic mass is 10.2. The Morgan fingerprint density at radius 1 is 1.34 bits per heavy atom. The van der Waals surface area contributed by atoms with E-state index in [4.69, 9.17) is 14.6 Å². The molecule has 3 rings (SSSR count). The molecule has 29 heavy (non-hydrogen) atoms. The van der Waals surface area contributed by atoms with Crippen molar-refractivity contribution in [3.8, 4) is 5.75 Å². The number of ether oxygens (including phenoxy) is 2. The monoisotopic (exact) mass is 420 g/mol. The van der Waals surface area contributed by atoms with E-state index in [1.165, 1.54) is 6.08 Å². The highest BCUT2D eigenvalue weighted by molar-refractivity contribution is 8.18. The molecule has 2 saturated heterocycles. The van der Waals surface area contributed by atoms with Gasteiger partial charge in [0.1, 0.15) is 12.3 Å². The number of rotatable bonds is 8. The Hall–Kier alpha value is -2.85. The minimum Gasteiger partial charge on any atom is -0.481 e. The quantitative estimate of drug-likeness (QED) is 0.607. The van der Waals surface area contributed by atoms with Crippen molar-refractivity contribution >= 4 is 40.9 Å². The predicted octanol–water partition coefficient (Wildman–Crippen LogP) is 1.48. The normalized spacial score (nSPS) is 20.3. The average Bonchev–Trinajstić information content (AvgIpc) is 3.30. The van der Waals surface area contributed by atoms with E-state index in [-0.39, 0.29) is 23.3 Å². The number of imide groups is 1. The zero-order chi connectivity index (χ0) is 20.8. The molecule has 0 radical (unpaired) electrons. The molecule has 2 fully saturated rings. The van der Waals surface area contributed by atoms with E-state index in [0.29, 0.717) is 18.7 Å². The first-order valence-electron chi connectivity index (χ1n) is 9.01. The van der Waals surface area contributed by atoms with Gasteiger partial charge in [0.25, 0.3) is 11.1 Å². The summed E-state index contributed by atoms with van der Waals surface area (Å²) < 4.78 is 10.6. The molecule has 1 atom stereocenters. The van der Waals surface area contributed by atoms with E-state index in [9.17, 15) is 19.2 Å². The fourth-order valence-corrected chi connectivity index (χ4v) is 3.71. The number of hydrogen-bond donors (Lipinski definition) is 2. The van der Waals surface area contributed by atoms with Crippen molar-refractivity contribution in [1.29, 1.82) is 0 Å². The SMILES string of the molecule is O=C(O)COc1ccccc1/C=C1\SC(=O)N(CC(=O)NC[C@@H]2CCCO2)C1=O. The van der Waals surface area contributed by atoms with Crippen LogP contribution in [-0.4, -0.2) is 65.4 Å². The molecule has 0 unspecified atom stereocenters. The molecule has 1 aromatic carbocycles. The van der Waals surface area contributed by atoms with Gasteiger partial charge < -0.3 is 19.9 Å². The molecule has 0 saturated carbocycles. The van der Waals surface area contributed by atoms with Crippen LogP contribution < -0.4 is 10.1 Å². The molecular formula is C19H20N2O7S. The third kappa shape index (κ3) is 5.58. The van der Waals surface area contributed by atoms with Crippen LogP contribution in [0.25, 0.3) is 6.08 Å². The molecular weight excluding hydrogens is 400 g/mol. The van der Waals surface area contributed by atoms with Crippen LogP contribution in [0.4, 0.5) is 4.79 Å². The van der Waals surface area contributed by atoms with E-state index in [1.54, 1.807) is 24.3 Å². The first-order chi connectivity index (χ1) is 13.9. The summed E-state index contributed by atoms with van der Waals surface area (Å²) in [5.74, 6) is -1.88. The standard InChI is InChI=1S/C19H20N2O7S/c22-16(20-9-13-5-3-7-27-13)10-21-18(25)15(29-19(21)26)8-12-4-1-2-6-14(12)28-11-17(23)24/h1-2,4,6,8,13H,3,5,7,9-11H2,(H,20,22)(H,23,24)/b15-8-/t13-/m0/s1. The number of carbonyl (C=O) groups excluding carboxylic acids is 3. The summed E-state index contributed by atoms with van der Waals surface area (Å²) in [6, 6.07) is 6.57. The molecule has 0 bridgehead atoms. The smallest absolute Gasteiger partial charge is 0.341 e. The molecule has 0 spiro atoms. The summed E-state index contributed by atoms with van der Waals surface area (Å²) in [6.07, 6.45) is 3.24. The van der Waals surface area contributed by atoms with Gasteiger partial charge >= 0.3 is 5.97 Å².